The van der Waals surface area contributed by atoms with E-state index in [0.717, 1.165) is 24.3 Å². The first-order chi connectivity index (χ1) is 7.60. The molecule has 0 spiro atoms. The van der Waals surface area contributed by atoms with E-state index in [0.29, 0.717) is 19.3 Å². The van der Waals surface area contributed by atoms with E-state index in [1.165, 1.54) is 0 Å². The smallest absolute Gasteiger partial charge is 0.329 e. The predicted octanol–water partition coefficient (Wildman–Crippen LogP) is 1.64. The number of rotatable bonds is 5. The average molecular weight is 245 g/mol. The van der Waals surface area contributed by atoms with Crippen molar-refractivity contribution in [2.45, 2.75) is 44.6 Å². The molecule has 0 saturated carbocycles. The van der Waals surface area contributed by atoms with Crippen LogP contribution in [0.25, 0.3) is 0 Å². The Morgan fingerprint density at radius 2 is 2.00 bits per heavy atom. The normalized spacial score (nSPS) is 19.1. The fraction of sp³-hybridized carbons (Fsp3) is 0.818. The summed E-state index contributed by atoms with van der Waals surface area (Å²) >= 11 is 1.74. The number of amides is 1. The minimum atomic E-state index is -1.00. The molecule has 0 atom stereocenters. The van der Waals surface area contributed by atoms with Gasteiger partial charge in [-0.15, -0.1) is 0 Å². The van der Waals surface area contributed by atoms with Crippen LogP contribution in [0.5, 0.6) is 0 Å². The van der Waals surface area contributed by atoms with Crippen molar-refractivity contribution < 1.29 is 14.7 Å². The zero-order chi connectivity index (χ0) is 12.0. The van der Waals surface area contributed by atoms with E-state index in [-0.39, 0.29) is 5.91 Å². The lowest BCUT2D eigenvalue weighted by Gasteiger charge is -2.33. The number of carboxylic acids is 1. The zero-order valence-electron chi connectivity index (χ0n) is 9.62. The van der Waals surface area contributed by atoms with E-state index >= 15 is 0 Å². The monoisotopic (exact) mass is 245 g/mol. The molecule has 5 heteroatoms. The first-order valence-electron chi connectivity index (χ1n) is 5.73. The largest absolute Gasteiger partial charge is 0.480 e. The summed E-state index contributed by atoms with van der Waals surface area (Å²) < 4.78 is 0. The molecule has 0 aromatic rings. The fourth-order valence-corrected chi connectivity index (χ4v) is 2.97. The number of unbranched alkanes of at least 4 members (excludes halogenated alkanes) is 1. The van der Waals surface area contributed by atoms with Crippen molar-refractivity contribution in [3.05, 3.63) is 0 Å². The molecular weight excluding hydrogens is 226 g/mol. The van der Waals surface area contributed by atoms with Crippen LogP contribution in [0, 0.1) is 0 Å². The Morgan fingerprint density at radius 3 is 2.50 bits per heavy atom. The molecule has 0 bridgehead atoms. The van der Waals surface area contributed by atoms with Gasteiger partial charge in [0.25, 0.3) is 0 Å². The van der Waals surface area contributed by atoms with Gasteiger partial charge in [0.2, 0.25) is 5.91 Å². The predicted molar refractivity (Wildman–Crippen MR) is 64.6 cm³/mol. The number of nitrogens with one attached hydrogen (secondary N) is 1. The standard InChI is InChI=1S/C11H19NO3S/c1-2-3-4-9(13)12-11(10(14)15)5-7-16-8-6-11/h2-8H2,1H3,(H,12,13)(H,14,15). The van der Waals surface area contributed by atoms with E-state index in [9.17, 15) is 14.7 Å². The Balaban J connectivity index is 2.56. The molecule has 1 aliphatic heterocycles. The lowest BCUT2D eigenvalue weighted by molar-refractivity contribution is -0.148. The summed E-state index contributed by atoms with van der Waals surface area (Å²) in [5.41, 5.74) is -1.00. The van der Waals surface area contributed by atoms with Crippen LogP contribution < -0.4 is 5.32 Å². The molecule has 1 aliphatic rings. The Labute approximate surface area is 100 Å². The number of carboxylic acid groups (broad SMARTS) is 1. The maximum absolute atomic E-state index is 11.6. The topological polar surface area (TPSA) is 66.4 Å². The summed E-state index contributed by atoms with van der Waals surface area (Å²) in [4.78, 5) is 22.9. The molecule has 1 rings (SSSR count). The van der Waals surface area contributed by atoms with Crippen LogP contribution in [-0.2, 0) is 9.59 Å². The van der Waals surface area contributed by atoms with Crippen LogP contribution >= 0.6 is 11.8 Å². The van der Waals surface area contributed by atoms with E-state index in [1.807, 2.05) is 6.92 Å². The summed E-state index contributed by atoms with van der Waals surface area (Å²) in [5, 5.41) is 12.0. The highest BCUT2D eigenvalue weighted by Gasteiger charge is 2.40. The van der Waals surface area contributed by atoms with Crippen molar-refractivity contribution in [3.63, 3.8) is 0 Å². The van der Waals surface area contributed by atoms with Gasteiger partial charge in [-0.25, -0.2) is 4.79 Å². The summed E-state index contributed by atoms with van der Waals surface area (Å²) in [7, 11) is 0. The third-order valence-corrected chi connectivity index (χ3v) is 3.88. The highest BCUT2D eigenvalue weighted by atomic mass is 32.2. The molecule has 2 N–H and O–H groups in total. The Hall–Kier alpha value is -0.710. The van der Waals surface area contributed by atoms with Crippen molar-refractivity contribution in [1.82, 2.24) is 5.32 Å². The van der Waals surface area contributed by atoms with E-state index < -0.39 is 11.5 Å². The third kappa shape index (κ3) is 3.40. The number of aliphatic carboxylic acids is 1. The van der Waals surface area contributed by atoms with Crippen molar-refractivity contribution in [1.29, 1.82) is 0 Å². The minimum Gasteiger partial charge on any atom is -0.480 e. The summed E-state index contributed by atoms with van der Waals surface area (Å²) in [6.07, 6.45) is 3.26. The molecule has 0 radical (unpaired) electrons. The molecule has 1 amide bonds. The van der Waals surface area contributed by atoms with Crippen molar-refractivity contribution >= 4 is 23.6 Å². The summed E-state index contributed by atoms with van der Waals surface area (Å²) in [6, 6.07) is 0. The second kappa shape index (κ2) is 6.13. The van der Waals surface area contributed by atoms with Gasteiger partial charge in [0.15, 0.2) is 0 Å². The molecule has 92 valence electrons. The van der Waals surface area contributed by atoms with Crippen LogP contribution in [-0.4, -0.2) is 34.0 Å². The zero-order valence-corrected chi connectivity index (χ0v) is 10.4. The SMILES string of the molecule is CCCCC(=O)NC1(C(=O)O)CCSCC1. The number of thioether (sulfide) groups is 1. The van der Waals surface area contributed by atoms with Crippen LogP contribution in [0.2, 0.25) is 0 Å². The summed E-state index contributed by atoms with van der Waals surface area (Å²) in [6.45, 7) is 2.01. The van der Waals surface area contributed by atoms with E-state index in [4.69, 9.17) is 0 Å². The molecule has 16 heavy (non-hydrogen) atoms. The number of hydrogen-bond donors (Lipinski definition) is 2. The van der Waals surface area contributed by atoms with Crippen LogP contribution in [0.3, 0.4) is 0 Å². The second-order valence-corrected chi connectivity index (χ2v) is 5.38. The van der Waals surface area contributed by atoms with Gasteiger partial charge in [0.1, 0.15) is 5.54 Å². The highest BCUT2D eigenvalue weighted by Crippen LogP contribution is 2.27. The first-order valence-corrected chi connectivity index (χ1v) is 6.88. The van der Waals surface area contributed by atoms with Crippen LogP contribution in [0.4, 0.5) is 0 Å². The highest BCUT2D eigenvalue weighted by molar-refractivity contribution is 7.99. The van der Waals surface area contributed by atoms with Gasteiger partial charge < -0.3 is 10.4 Å². The Morgan fingerprint density at radius 1 is 1.38 bits per heavy atom. The molecule has 0 aromatic heterocycles. The Kier molecular flexibility index (Phi) is 5.12. The molecule has 0 aromatic carbocycles. The molecule has 0 unspecified atom stereocenters. The first kappa shape index (κ1) is 13.4. The molecule has 1 heterocycles. The van der Waals surface area contributed by atoms with Gasteiger partial charge in [-0.05, 0) is 30.8 Å². The van der Waals surface area contributed by atoms with Gasteiger partial charge in [-0.2, -0.15) is 11.8 Å². The Bertz CT molecular complexity index is 262. The van der Waals surface area contributed by atoms with Gasteiger partial charge in [-0.1, -0.05) is 13.3 Å². The average Bonchev–Trinajstić information content (AvgIpc) is 2.27. The maximum atomic E-state index is 11.6. The fourth-order valence-electron chi connectivity index (χ4n) is 1.78. The van der Waals surface area contributed by atoms with E-state index in [2.05, 4.69) is 5.32 Å². The van der Waals surface area contributed by atoms with Gasteiger partial charge in [0.05, 0.1) is 0 Å². The molecular formula is C11H19NO3S. The minimum absolute atomic E-state index is 0.129. The quantitative estimate of drug-likeness (QED) is 0.773. The lowest BCUT2D eigenvalue weighted by atomic mass is 9.92. The van der Waals surface area contributed by atoms with Crippen molar-refractivity contribution in [2.24, 2.45) is 0 Å². The van der Waals surface area contributed by atoms with Crippen molar-refractivity contribution in [2.75, 3.05) is 11.5 Å². The third-order valence-electron chi connectivity index (χ3n) is 2.89. The molecule has 1 fully saturated rings. The lowest BCUT2D eigenvalue weighted by Crippen LogP contribution is -2.56. The van der Waals surface area contributed by atoms with Gasteiger partial charge >= 0.3 is 5.97 Å². The van der Waals surface area contributed by atoms with E-state index in [1.54, 1.807) is 11.8 Å². The maximum Gasteiger partial charge on any atom is 0.329 e. The van der Waals surface area contributed by atoms with Crippen LogP contribution in [0.15, 0.2) is 0 Å². The molecule has 4 nitrogen and oxygen atoms in total. The second-order valence-electron chi connectivity index (χ2n) is 4.15. The van der Waals surface area contributed by atoms with Gasteiger partial charge in [0, 0.05) is 6.42 Å². The van der Waals surface area contributed by atoms with Gasteiger partial charge in [-0.3, -0.25) is 4.79 Å². The molecule has 1 saturated heterocycles. The van der Waals surface area contributed by atoms with Crippen molar-refractivity contribution in [3.8, 4) is 0 Å². The number of carbonyl (C=O) groups excluding carboxylic acids is 1. The number of carbonyl (C=O) groups is 2. The molecule has 0 aliphatic carbocycles. The summed E-state index contributed by atoms with van der Waals surface area (Å²) in [5.74, 6) is 0.592. The number of hydrogen-bond acceptors (Lipinski definition) is 3. The van der Waals surface area contributed by atoms with Crippen LogP contribution in [0.1, 0.15) is 39.0 Å².